The fourth-order valence-corrected chi connectivity index (χ4v) is 2.04. The van der Waals surface area contributed by atoms with E-state index >= 15 is 0 Å². The Balaban J connectivity index is 3.31. The molecule has 0 aromatic carbocycles. The van der Waals surface area contributed by atoms with Gasteiger partial charge in [-0.1, -0.05) is 0 Å². The van der Waals surface area contributed by atoms with Gasteiger partial charge in [0.25, 0.3) is 6.43 Å². The third-order valence-corrected chi connectivity index (χ3v) is 2.99. The molecule has 3 nitrogen and oxygen atoms in total. The second kappa shape index (κ2) is 4.98. The summed E-state index contributed by atoms with van der Waals surface area (Å²) in [4.78, 5) is 14.2. The third-order valence-electron chi connectivity index (χ3n) is 1.67. The average molecular weight is 345 g/mol. The number of aromatic nitrogens is 1. The lowest BCUT2D eigenvalue weighted by atomic mass is 10.1. The van der Waals surface area contributed by atoms with E-state index in [1.54, 1.807) is 0 Å². The van der Waals surface area contributed by atoms with Crippen LogP contribution in [-0.2, 0) is 11.2 Å². The standard InChI is InChI=1S/C8H5Br2F2NO2/c9-4-2-13-7(10)6(8(11)12)3(4)1-5(14)15/h2,8H,1H2,(H,14,15). The fourth-order valence-electron chi connectivity index (χ4n) is 1.07. The Kier molecular flexibility index (Phi) is 4.15. The molecule has 0 aliphatic carbocycles. The van der Waals surface area contributed by atoms with Crippen molar-refractivity contribution in [3.8, 4) is 0 Å². The minimum atomic E-state index is -2.77. The Morgan fingerprint density at radius 3 is 2.60 bits per heavy atom. The van der Waals surface area contributed by atoms with Gasteiger partial charge in [0, 0.05) is 10.7 Å². The molecular formula is C8H5Br2F2NO2. The van der Waals surface area contributed by atoms with Crippen molar-refractivity contribution in [2.45, 2.75) is 12.8 Å². The fraction of sp³-hybridized carbons (Fsp3) is 0.250. The zero-order valence-electron chi connectivity index (χ0n) is 7.18. The molecule has 82 valence electrons. The van der Waals surface area contributed by atoms with Crippen molar-refractivity contribution in [3.05, 3.63) is 26.4 Å². The first-order valence-corrected chi connectivity index (χ1v) is 5.34. The molecule has 0 unspecified atom stereocenters. The first-order valence-electron chi connectivity index (χ1n) is 3.76. The zero-order valence-corrected chi connectivity index (χ0v) is 10.3. The van der Waals surface area contributed by atoms with Gasteiger partial charge >= 0.3 is 5.97 Å². The second-order valence-electron chi connectivity index (χ2n) is 2.66. The molecule has 0 aliphatic heterocycles. The molecule has 7 heteroatoms. The van der Waals surface area contributed by atoms with Gasteiger partial charge < -0.3 is 5.11 Å². The van der Waals surface area contributed by atoms with E-state index in [-0.39, 0.29) is 20.2 Å². The SMILES string of the molecule is O=C(O)Cc1c(Br)cnc(Br)c1C(F)F. The number of carboxylic acid groups (broad SMARTS) is 1. The number of pyridine rings is 1. The number of alkyl halides is 2. The van der Waals surface area contributed by atoms with Crippen molar-refractivity contribution in [2.75, 3.05) is 0 Å². The normalized spacial score (nSPS) is 10.7. The molecule has 15 heavy (non-hydrogen) atoms. The largest absolute Gasteiger partial charge is 0.481 e. The maximum absolute atomic E-state index is 12.6. The topological polar surface area (TPSA) is 50.2 Å². The first-order chi connectivity index (χ1) is 6.93. The van der Waals surface area contributed by atoms with E-state index in [4.69, 9.17) is 5.11 Å². The summed E-state index contributed by atoms with van der Waals surface area (Å²) in [6.07, 6.45) is -1.95. The molecule has 1 heterocycles. The molecule has 0 aliphatic rings. The van der Waals surface area contributed by atoms with Crippen LogP contribution >= 0.6 is 31.9 Å². The number of aliphatic carboxylic acids is 1. The van der Waals surface area contributed by atoms with Gasteiger partial charge in [-0.05, 0) is 37.4 Å². The highest BCUT2D eigenvalue weighted by Gasteiger charge is 2.21. The van der Waals surface area contributed by atoms with Crippen LogP contribution < -0.4 is 0 Å². The van der Waals surface area contributed by atoms with Gasteiger partial charge in [0.1, 0.15) is 4.60 Å². The number of nitrogens with zero attached hydrogens (tertiary/aromatic N) is 1. The van der Waals surface area contributed by atoms with E-state index < -0.39 is 18.8 Å². The van der Waals surface area contributed by atoms with E-state index in [0.29, 0.717) is 0 Å². The smallest absolute Gasteiger partial charge is 0.307 e. The molecular weight excluding hydrogens is 340 g/mol. The summed E-state index contributed by atoms with van der Waals surface area (Å²) < 4.78 is 25.5. The number of hydrogen-bond acceptors (Lipinski definition) is 2. The third kappa shape index (κ3) is 2.94. The van der Waals surface area contributed by atoms with E-state index in [9.17, 15) is 13.6 Å². The summed E-state index contributed by atoms with van der Waals surface area (Å²) in [5, 5.41) is 8.59. The number of carbonyl (C=O) groups is 1. The molecule has 1 N–H and O–H groups in total. The molecule has 0 amide bonds. The molecule has 0 atom stereocenters. The molecule has 0 saturated heterocycles. The summed E-state index contributed by atoms with van der Waals surface area (Å²) >= 11 is 5.86. The molecule has 0 fully saturated rings. The van der Waals surface area contributed by atoms with Gasteiger partial charge in [-0.25, -0.2) is 13.8 Å². The van der Waals surface area contributed by atoms with Crippen LogP contribution in [0.2, 0.25) is 0 Å². The lowest BCUT2D eigenvalue weighted by molar-refractivity contribution is -0.136. The lowest BCUT2D eigenvalue weighted by Gasteiger charge is -2.10. The summed E-state index contributed by atoms with van der Waals surface area (Å²) in [6, 6.07) is 0. The van der Waals surface area contributed by atoms with Crippen molar-refractivity contribution >= 4 is 37.8 Å². The highest BCUT2D eigenvalue weighted by Crippen LogP contribution is 2.33. The van der Waals surface area contributed by atoms with E-state index in [0.717, 1.165) is 0 Å². The maximum atomic E-state index is 12.6. The first kappa shape index (κ1) is 12.5. The highest BCUT2D eigenvalue weighted by atomic mass is 79.9. The summed E-state index contributed by atoms with van der Waals surface area (Å²) in [5.74, 6) is -1.17. The summed E-state index contributed by atoms with van der Waals surface area (Å²) in [5.41, 5.74) is -0.342. The molecule has 0 radical (unpaired) electrons. The molecule has 0 bridgehead atoms. The average Bonchev–Trinajstić information content (AvgIpc) is 2.10. The monoisotopic (exact) mass is 343 g/mol. The van der Waals surface area contributed by atoms with Crippen LogP contribution in [0.25, 0.3) is 0 Å². The number of carboxylic acids is 1. The zero-order chi connectivity index (χ0) is 11.6. The van der Waals surface area contributed by atoms with E-state index in [1.807, 2.05) is 0 Å². The van der Waals surface area contributed by atoms with Gasteiger partial charge in [0.05, 0.1) is 12.0 Å². The van der Waals surface area contributed by atoms with Crippen molar-refractivity contribution in [2.24, 2.45) is 0 Å². The summed E-state index contributed by atoms with van der Waals surface area (Å²) in [7, 11) is 0. The highest BCUT2D eigenvalue weighted by molar-refractivity contribution is 9.11. The number of halogens is 4. The minimum Gasteiger partial charge on any atom is -0.481 e. The van der Waals surface area contributed by atoms with Crippen molar-refractivity contribution < 1.29 is 18.7 Å². The number of hydrogen-bond donors (Lipinski definition) is 1. The Hall–Kier alpha value is -0.560. The van der Waals surface area contributed by atoms with E-state index in [1.165, 1.54) is 6.20 Å². The van der Waals surface area contributed by atoms with Crippen LogP contribution in [0.4, 0.5) is 8.78 Å². The molecule has 0 saturated carbocycles. The Morgan fingerprint density at radius 2 is 2.13 bits per heavy atom. The maximum Gasteiger partial charge on any atom is 0.307 e. The predicted molar refractivity (Wildman–Crippen MR) is 55.9 cm³/mol. The second-order valence-corrected chi connectivity index (χ2v) is 4.27. The van der Waals surface area contributed by atoms with Gasteiger partial charge in [-0.3, -0.25) is 4.79 Å². The lowest BCUT2D eigenvalue weighted by Crippen LogP contribution is -2.06. The Bertz CT molecular complexity index is 398. The van der Waals surface area contributed by atoms with Crippen LogP contribution in [0.3, 0.4) is 0 Å². The van der Waals surface area contributed by atoms with Gasteiger partial charge in [0.2, 0.25) is 0 Å². The van der Waals surface area contributed by atoms with Gasteiger partial charge in [-0.15, -0.1) is 0 Å². The summed E-state index contributed by atoms with van der Waals surface area (Å²) in [6.45, 7) is 0. The molecule has 0 spiro atoms. The Labute approximate surface area is 101 Å². The van der Waals surface area contributed by atoms with Gasteiger partial charge in [-0.2, -0.15) is 0 Å². The van der Waals surface area contributed by atoms with Crippen LogP contribution in [0, 0.1) is 0 Å². The minimum absolute atomic E-state index is 0.0306. The molecule has 1 rings (SSSR count). The molecule has 1 aromatic rings. The predicted octanol–water partition coefficient (Wildman–Crippen LogP) is 3.17. The van der Waals surface area contributed by atoms with Crippen LogP contribution in [0.1, 0.15) is 17.6 Å². The number of rotatable bonds is 3. The van der Waals surface area contributed by atoms with Crippen LogP contribution in [0.15, 0.2) is 15.3 Å². The Morgan fingerprint density at radius 1 is 1.53 bits per heavy atom. The van der Waals surface area contributed by atoms with E-state index in [2.05, 4.69) is 36.8 Å². The van der Waals surface area contributed by atoms with Crippen LogP contribution in [0.5, 0.6) is 0 Å². The van der Waals surface area contributed by atoms with Crippen molar-refractivity contribution in [1.29, 1.82) is 0 Å². The van der Waals surface area contributed by atoms with Crippen molar-refractivity contribution in [1.82, 2.24) is 4.98 Å². The van der Waals surface area contributed by atoms with Crippen molar-refractivity contribution in [3.63, 3.8) is 0 Å². The van der Waals surface area contributed by atoms with Crippen LogP contribution in [-0.4, -0.2) is 16.1 Å². The molecule has 1 aromatic heterocycles. The quantitative estimate of drug-likeness (QED) is 0.857. The van der Waals surface area contributed by atoms with Gasteiger partial charge in [0.15, 0.2) is 0 Å².